The van der Waals surface area contributed by atoms with Crippen LogP contribution in [-0.2, 0) is 22.7 Å². The van der Waals surface area contributed by atoms with Crippen LogP contribution in [0.4, 0.5) is 5.82 Å². The van der Waals surface area contributed by atoms with Crippen molar-refractivity contribution in [1.29, 1.82) is 0 Å². The average Bonchev–Trinajstić information content (AvgIpc) is 2.93. The smallest absolute Gasteiger partial charge is 0.175 e. The third-order valence-electron chi connectivity index (χ3n) is 4.43. The normalized spacial score (nSPS) is 15.3. The van der Waals surface area contributed by atoms with Gasteiger partial charge in [0, 0.05) is 19.3 Å². The van der Waals surface area contributed by atoms with Crippen molar-refractivity contribution in [2.75, 3.05) is 24.2 Å². The molecule has 0 saturated carbocycles. The summed E-state index contributed by atoms with van der Waals surface area (Å²) in [6, 6.07) is 5.44. The van der Waals surface area contributed by atoms with Crippen LogP contribution in [-0.4, -0.2) is 47.9 Å². The van der Waals surface area contributed by atoms with Crippen LogP contribution in [0.1, 0.15) is 11.1 Å². The van der Waals surface area contributed by atoms with E-state index in [-0.39, 0.29) is 0 Å². The summed E-state index contributed by atoms with van der Waals surface area (Å²) >= 11 is 0. The van der Waals surface area contributed by atoms with Crippen molar-refractivity contribution < 1.29 is 8.42 Å². The number of fused-ring (bicyclic) bond motifs is 2. The number of H-pyrrole nitrogens is 1. The molecule has 1 aliphatic rings. The van der Waals surface area contributed by atoms with E-state index in [1.807, 2.05) is 12.1 Å². The summed E-state index contributed by atoms with van der Waals surface area (Å²) in [4.78, 5) is 11.2. The molecule has 3 aromatic rings. The maximum Gasteiger partial charge on any atom is 0.175 e. The predicted octanol–water partition coefficient (Wildman–Crippen LogP) is 1.36. The van der Waals surface area contributed by atoms with Gasteiger partial charge in [0.15, 0.2) is 15.5 Å². The molecule has 2 aromatic heterocycles. The van der Waals surface area contributed by atoms with E-state index in [0.717, 1.165) is 48.3 Å². The Balaban J connectivity index is 1.67. The monoisotopic (exact) mass is 343 g/mol. The highest BCUT2D eigenvalue weighted by atomic mass is 32.2. The second-order valence-corrected chi connectivity index (χ2v) is 8.04. The van der Waals surface area contributed by atoms with Gasteiger partial charge >= 0.3 is 0 Å². The molecule has 7 nitrogen and oxygen atoms in total. The summed E-state index contributed by atoms with van der Waals surface area (Å²) in [5, 5.41) is 7.80. The third kappa shape index (κ3) is 2.62. The average molecular weight is 343 g/mol. The van der Waals surface area contributed by atoms with E-state index in [1.165, 1.54) is 18.1 Å². The first-order valence-corrected chi connectivity index (χ1v) is 9.62. The van der Waals surface area contributed by atoms with Gasteiger partial charge in [0.2, 0.25) is 0 Å². The molecule has 124 valence electrons. The fourth-order valence-electron chi connectivity index (χ4n) is 3.15. The number of nitrogens with zero attached hydrogens (tertiary/aromatic N) is 4. The summed E-state index contributed by atoms with van der Waals surface area (Å²) in [7, 11) is -3.18. The number of rotatable bonds is 2. The first-order chi connectivity index (χ1) is 11.5. The second-order valence-electron chi connectivity index (χ2n) is 6.02. The zero-order chi connectivity index (χ0) is 16.7. The van der Waals surface area contributed by atoms with Crippen molar-refractivity contribution in [1.82, 2.24) is 20.2 Å². The minimum atomic E-state index is -3.18. The van der Waals surface area contributed by atoms with Gasteiger partial charge in [0.1, 0.15) is 12.1 Å². The number of sulfone groups is 1. The van der Waals surface area contributed by atoms with Crippen LogP contribution >= 0.6 is 0 Å². The van der Waals surface area contributed by atoms with Gasteiger partial charge in [-0.25, -0.2) is 18.4 Å². The van der Waals surface area contributed by atoms with Crippen molar-refractivity contribution in [3.8, 4) is 0 Å². The minimum absolute atomic E-state index is 0.383. The standard InChI is InChI=1S/C16H17N5O2S/c1-24(22,23)13-3-2-11-4-6-21(7-5-12(11)8-13)16-14-9-19-20-15(14)17-10-18-16/h2-3,8-10H,4-7H2,1H3,(H,17,18,19,20). The molecule has 0 radical (unpaired) electrons. The van der Waals surface area contributed by atoms with Crippen LogP contribution in [0, 0.1) is 0 Å². The van der Waals surface area contributed by atoms with E-state index in [0.29, 0.717) is 4.90 Å². The molecule has 0 aliphatic carbocycles. The molecule has 0 amide bonds. The lowest BCUT2D eigenvalue weighted by molar-refractivity contribution is 0.601. The molecule has 0 atom stereocenters. The van der Waals surface area contributed by atoms with E-state index in [9.17, 15) is 8.42 Å². The summed E-state index contributed by atoms with van der Waals surface area (Å²) in [5.74, 6) is 0.866. The minimum Gasteiger partial charge on any atom is -0.355 e. The van der Waals surface area contributed by atoms with Gasteiger partial charge < -0.3 is 4.90 Å². The molecule has 3 heterocycles. The van der Waals surface area contributed by atoms with Gasteiger partial charge in [-0.2, -0.15) is 5.10 Å². The quantitative estimate of drug-likeness (QED) is 0.755. The van der Waals surface area contributed by atoms with Gasteiger partial charge in [0.05, 0.1) is 16.5 Å². The SMILES string of the molecule is CS(=O)(=O)c1ccc2c(c1)CCN(c1ncnc3[nH]ncc13)CC2. The number of anilines is 1. The van der Waals surface area contributed by atoms with Crippen molar-refractivity contribution in [3.05, 3.63) is 41.9 Å². The lowest BCUT2D eigenvalue weighted by Gasteiger charge is -2.21. The van der Waals surface area contributed by atoms with Crippen LogP contribution in [0.15, 0.2) is 35.6 Å². The van der Waals surface area contributed by atoms with E-state index in [1.54, 1.807) is 12.3 Å². The van der Waals surface area contributed by atoms with Gasteiger partial charge in [-0.15, -0.1) is 0 Å². The van der Waals surface area contributed by atoms with Crippen LogP contribution in [0.25, 0.3) is 11.0 Å². The molecule has 0 saturated heterocycles. The Morgan fingerprint density at radius 3 is 2.71 bits per heavy atom. The third-order valence-corrected chi connectivity index (χ3v) is 5.54. The molecule has 0 spiro atoms. The van der Waals surface area contributed by atoms with Crippen LogP contribution in [0.2, 0.25) is 0 Å². The Morgan fingerprint density at radius 2 is 1.92 bits per heavy atom. The van der Waals surface area contributed by atoms with E-state index in [4.69, 9.17) is 0 Å². The summed E-state index contributed by atoms with van der Waals surface area (Å²) in [6.45, 7) is 1.60. The van der Waals surface area contributed by atoms with Crippen LogP contribution in [0.5, 0.6) is 0 Å². The summed E-state index contributed by atoms with van der Waals surface area (Å²) in [5.41, 5.74) is 3.02. The molecule has 1 aliphatic heterocycles. The zero-order valence-electron chi connectivity index (χ0n) is 13.2. The molecule has 0 fully saturated rings. The van der Waals surface area contributed by atoms with E-state index < -0.39 is 9.84 Å². The van der Waals surface area contributed by atoms with Gasteiger partial charge in [-0.3, -0.25) is 5.10 Å². The second kappa shape index (κ2) is 5.55. The topological polar surface area (TPSA) is 91.8 Å². The molecule has 1 aromatic carbocycles. The molecular weight excluding hydrogens is 326 g/mol. The van der Waals surface area contributed by atoms with Gasteiger partial charge in [-0.1, -0.05) is 6.07 Å². The lowest BCUT2D eigenvalue weighted by Crippen LogP contribution is -2.27. The summed E-state index contributed by atoms with van der Waals surface area (Å²) < 4.78 is 23.5. The Hall–Kier alpha value is -2.48. The number of aromatic nitrogens is 4. The molecule has 0 bridgehead atoms. The molecule has 24 heavy (non-hydrogen) atoms. The number of hydrogen-bond acceptors (Lipinski definition) is 6. The Morgan fingerprint density at radius 1 is 1.12 bits per heavy atom. The number of aromatic amines is 1. The predicted molar refractivity (Wildman–Crippen MR) is 90.9 cm³/mol. The zero-order valence-corrected chi connectivity index (χ0v) is 14.0. The van der Waals surface area contributed by atoms with Crippen molar-refractivity contribution in [2.24, 2.45) is 0 Å². The Kier molecular flexibility index (Phi) is 3.49. The fourth-order valence-corrected chi connectivity index (χ4v) is 3.82. The molecule has 0 unspecified atom stereocenters. The highest BCUT2D eigenvalue weighted by Crippen LogP contribution is 2.25. The summed E-state index contributed by atoms with van der Waals surface area (Å²) in [6.07, 6.45) is 6.15. The maximum absolute atomic E-state index is 11.8. The fraction of sp³-hybridized carbons (Fsp3) is 0.312. The number of hydrogen-bond donors (Lipinski definition) is 1. The maximum atomic E-state index is 11.8. The number of nitrogens with one attached hydrogen (secondary N) is 1. The first-order valence-electron chi connectivity index (χ1n) is 7.73. The van der Waals surface area contributed by atoms with Gasteiger partial charge in [0.25, 0.3) is 0 Å². The molecule has 1 N–H and O–H groups in total. The Bertz CT molecular complexity index is 1010. The molecular formula is C16H17N5O2S. The van der Waals surface area contributed by atoms with E-state index >= 15 is 0 Å². The Labute approximate surface area is 139 Å². The van der Waals surface area contributed by atoms with Crippen LogP contribution in [0.3, 0.4) is 0 Å². The lowest BCUT2D eigenvalue weighted by atomic mass is 10.0. The van der Waals surface area contributed by atoms with E-state index in [2.05, 4.69) is 25.1 Å². The van der Waals surface area contributed by atoms with Crippen molar-refractivity contribution >= 4 is 26.7 Å². The van der Waals surface area contributed by atoms with Crippen LogP contribution < -0.4 is 4.90 Å². The highest BCUT2D eigenvalue weighted by Gasteiger charge is 2.19. The molecule has 8 heteroatoms. The highest BCUT2D eigenvalue weighted by molar-refractivity contribution is 7.90. The van der Waals surface area contributed by atoms with Gasteiger partial charge in [-0.05, 0) is 36.1 Å². The van der Waals surface area contributed by atoms with Crippen molar-refractivity contribution in [3.63, 3.8) is 0 Å². The largest absolute Gasteiger partial charge is 0.355 e. The molecule has 4 rings (SSSR count). The number of benzene rings is 1. The first kappa shape index (κ1) is 15.1. The van der Waals surface area contributed by atoms with Crippen molar-refractivity contribution in [2.45, 2.75) is 17.7 Å².